The smallest absolute Gasteiger partial charge is 0.220 e. The van der Waals surface area contributed by atoms with Crippen LogP contribution in [-0.2, 0) is 14.6 Å². The van der Waals surface area contributed by atoms with E-state index in [-0.39, 0.29) is 23.5 Å². The zero-order valence-corrected chi connectivity index (χ0v) is 14.8. The molecule has 1 amide bonds. The summed E-state index contributed by atoms with van der Waals surface area (Å²) in [6, 6.07) is 10.5. The molecule has 0 heterocycles. The summed E-state index contributed by atoms with van der Waals surface area (Å²) in [5.41, 5.74) is 5.38. The number of halogens is 1. The van der Waals surface area contributed by atoms with Gasteiger partial charge in [0, 0.05) is 10.9 Å². The highest BCUT2D eigenvalue weighted by molar-refractivity contribution is 7.91. The van der Waals surface area contributed by atoms with Gasteiger partial charge in [0.2, 0.25) is 5.91 Å². The molecule has 1 saturated carbocycles. The minimum Gasteiger partial charge on any atom is -0.369 e. The van der Waals surface area contributed by atoms with E-state index in [1.54, 1.807) is 24.3 Å². The molecule has 1 aliphatic carbocycles. The maximum absolute atomic E-state index is 12.7. The van der Waals surface area contributed by atoms with Gasteiger partial charge in [0.05, 0.1) is 10.6 Å². The zero-order chi connectivity index (χ0) is 17.3. The summed E-state index contributed by atoms with van der Waals surface area (Å²) in [5, 5.41) is 2.38. The number of amides is 1. The quantitative estimate of drug-likeness (QED) is 0.899. The molecule has 2 atom stereocenters. The molecule has 0 bridgehead atoms. The Morgan fingerprint density at radius 3 is 2.58 bits per heavy atom. The van der Waals surface area contributed by atoms with E-state index in [0.29, 0.717) is 16.3 Å². The van der Waals surface area contributed by atoms with Gasteiger partial charge in [-0.25, -0.2) is 8.42 Å². The lowest BCUT2D eigenvalue weighted by Gasteiger charge is -2.27. The Morgan fingerprint density at radius 2 is 1.83 bits per heavy atom. The van der Waals surface area contributed by atoms with E-state index >= 15 is 0 Å². The molecule has 0 spiro atoms. The predicted octanol–water partition coefficient (Wildman–Crippen LogP) is 3.56. The number of carbonyl (C=O) groups is 1. The molecular weight excluding hydrogens is 346 g/mol. The van der Waals surface area contributed by atoms with E-state index in [4.69, 9.17) is 17.3 Å². The first-order chi connectivity index (χ1) is 11.3. The molecule has 4 nitrogen and oxygen atoms in total. The number of benzene rings is 2. The van der Waals surface area contributed by atoms with Crippen molar-refractivity contribution in [2.75, 3.05) is 5.75 Å². The third-order valence-electron chi connectivity index (χ3n) is 4.77. The number of fused-ring (bicyclic) bond motifs is 1. The number of primary amides is 1. The highest BCUT2D eigenvalue weighted by atomic mass is 35.5. The summed E-state index contributed by atoms with van der Waals surface area (Å²) < 4.78 is 25.5. The largest absolute Gasteiger partial charge is 0.369 e. The van der Waals surface area contributed by atoms with Crippen molar-refractivity contribution in [2.24, 2.45) is 17.6 Å². The van der Waals surface area contributed by atoms with Crippen LogP contribution in [-0.4, -0.2) is 20.1 Å². The molecule has 2 aromatic rings. The van der Waals surface area contributed by atoms with Gasteiger partial charge in [-0.05, 0) is 60.2 Å². The van der Waals surface area contributed by atoms with Crippen LogP contribution in [0.5, 0.6) is 0 Å². The number of sulfone groups is 1. The second kappa shape index (κ2) is 6.73. The Kier molecular flexibility index (Phi) is 4.83. The van der Waals surface area contributed by atoms with Gasteiger partial charge in [-0.2, -0.15) is 0 Å². The van der Waals surface area contributed by atoms with Gasteiger partial charge < -0.3 is 5.73 Å². The van der Waals surface area contributed by atoms with Crippen LogP contribution < -0.4 is 5.73 Å². The normalized spacial score (nSPS) is 21.7. The third kappa shape index (κ3) is 3.73. The fraction of sp³-hybridized carbons (Fsp3) is 0.389. The monoisotopic (exact) mass is 365 g/mol. The van der Waals surface area contributed by atoms with Crippen LogP contribution in [0.2, 0.25) is 5.02 Å². The van der Waals surface area contributed by atoms with Crippen molar-refractivity contribution in [1.82, 2.24) is 0 Å². The van der Waals surface area contributed by atoms with Crippen LogP contribution in [0, 0.1) is 11.8 Å². The molecule has 2 unspecified atom stereocenters. The van der Waals surface area contributed by atoms with Gasteiger partial charge in [0.25, 0.3) is 0 Å². The minimum atomic E-state index is -3.40. The Balaban J connectivity index is 1.82. The van der Waals surface area contributed by atoms with Crippen molar-refractivity contribution in [1.29, 1.82) is 0 Å². The maximum atomic E-state index is 12.7. The Hall–Kier alpha value is -1.59. The molecule has 2 aromatic carbocycles. The van der Waals surface area contributed by atoms with Gasteiger partial charge in [-0.1, -0.05) is 30.2 Å². The number of hydrogen-bond acceptors (Lipinski definition) is 3. The van der Waals surface area contributed by atoms with Gasteiger partial charge in [0.1, 0.15) is 0 Å². The summed E-state index contributed by atoms with van der Waals surface area (Å²) in [6.45, 7) is 0. The molecule has 1 fully saturated rings. The Labute approximate surface area is 146 Å². The summed E-state index contributed by atoms with van der Waals surface area (Å²) in [5.74, 6) is -0.463. The minimum absolute atomic E-state index is 0.0119. The summed E-state index contributed by atoms with van der Waals surface area (Å²) in [6.07, 6.45) is 3.01. The lowest BCUT2D eigenvalue weighted by molar-refractivity contribution is -0.123. The molecule has 1 aliphatic rings. The van der Waals surface area contributed by atoms with Crippen LogP contribution in [0.15, 0.2) is 41.3 Å². The van der Waals surface area contributed by atoms with E-state index in [2.05, 4.69) is 0 Å². The highest BCUT2D eigenvalue weighted by Crippen LogP contribution is 2.32. The van der Waals surface area contributed by atoms with Crippen LogP contribution in [0.1, 0.15) is 25.7 Å². The number of nitrogens with two attached hydrogens (primary N) is 1. The SMILES string of the molecule is NC(=O)C1CCCC(CS(=O)(=O)c2ccc3cc(Cl)ccc3c2)C1. The second-order valence-electron chi connectivity index (χ2n) is 6.57. The van der Waals surface area contributed by atoms with Crippen molar-refractivity contribution < 1.29 is 13.2 Å². The van der Waals surface area contributed by atoms with Crippen molar-refractivity contribution in [3.63, 3.8) is 0 Å². The van der Waals surface area contributed by atoms with E-state index in [1.807, 2.05) is 12.1 Å². The fourth-order valence-electron chi connectivity index (χ4n) is 3.50. The molecule has 2 N–H and O–H groups in total. The summed E-state index contributed by atoms with van der Waals surface area (Å²) >= 11 is 5.96. The molecule has 0 radical (unpaired) electrons. The van der Waals surface area contributed by atoms with Gasteiger partial charge in [-0.3, -0.25) is 4.79 Å². The molecule has 0 aromatic heterocycles. The second-order valence-corrected chi connectivity index (χ2v) is 9.04. The van der Waals surface area contributed by atoms with E-state index in [1.165, 1.54) is 0 Å². The number of hydrogen-bond donors (Lipinski definition) is 1. The van der Waals surface area contributed by atoms with Crippen molar-refractivity contribution in [3.05, 3.63) is 41.4 Å². The number of rotatable bonds is 4. The van der Waals surface area contributed by atoms with E-state index in [0.717, 1.165) is 30.0 Å². The first-order valence-electron chi connectivity index (χ1n) is 8.06. The number of carbonyl (C=O) groups excluding carboxylic acids is 1. The van der Waals surface area contributed by atoms with Gasteiger partial charge in [0.15, 0.2) is 9.84 Å². The summed E-state index contributed by atoms with van der Waals surface area (Å²) in [7, 11) is -3.40. The lowest BCUT2D eigenvalue weighted by atomic mass is 9.82. The first kappa shape index (κ1) is 17.2. The standard InChI is InChI=1S/C18H20ClNO3S/c19-16-6-4-14-10-17(7-5-13(14)9-16)24(22,23)11-12-2-1-3-15(8-12)18(20)21/h4-7,9-10,12,15H,1-3,8,11H2,(H2,20,21). The van der Waals surface area contributed by atoms with Gasteiger partial charge in [-0.15, -0.1) is 0 Å². The highest BCUT2D eigenvalue weighted by Gasteiger charge is 2.29. The molecule has 3 rings (SSSR count). The van der Waals surface area contributed by atoms with Crippen LogP contribution in [0.25, 0.3) is 10.8 Å². The van der Waals surface area contributed by atoms with Gasteiger partial charge >= 0.3 is 0 Å². The van der Waals surface area contributed by atoms with Crippen molar-refractivity contribution >= 4 is 38.1 Å². The molecule has 0 aliphatic heterocycles. The maximum Gasteiger partial charge on any atom is 0.220 e. The fourth-order valence-corrected chi connectivity index (χ4v) is 5.37. The first-order valence-corrected chi connectivity index (χ1v) is 10.1. The average molecular weight is 366 g/mol. The molecule has 0 saturated heterocycles. The van der Waals surface area contributed by atoms with Crippen LogP contribution in [0.3, 0.4) is 0 Å². The predicted molar refractivity (Wildman–Crippen MR) is 95.7 cm³/mol. The van der Waals surface area contributed by atoms with E-state index in [9.17, 15) is 13.2 Å². The third-order valence-corrected chi connectivity index (χ3v) is 6.89. The van der Waals surface area contributed by atoms with Crippen molar-refractivity contribution in [2.45, 2.75) is 30.6 Å². The lowest BCUT2D eigenvalue weighted by Crippen LogP contribution is -2.31. The molecular formula is C18H20ClNO3S. The molecule has 24 heavy (non-hydrogen) atoms. The Bertz CT molecular complexity index is 879. The summed E-state index contributed by atoms with van der Waals surface area (Å²) in [4.78, 5) is 11.7. The van der Waals surface area contributed by atoms with Crippen LogP contribution >= 0.6 is 11.6 Å². The van der Waals surface area contributed by atoms with Crippen LogP contribution in [0.4, 0.5) is 0 Å². The molecule has 128 valence electrons. The van der Waals surface area contributed by atoms with Crippen molar-refractivity contribution in [3.8, 4) is 0 Å². The zero-order valence-electron chi connectivity index (χ0n) is 13.2. The molecule has 6 heteroatoms. The van der Waals surface area contributed by atoms with E-state index < -0.39 is 9.84 Å². The average Bonchev–Trinajstić information content (AvgIpc) is 2.54. The Morgan fingerprint density at radius 1 is 1.12 bits per heavy atom. The topological polar surface area (TPSA) is 77.2 Å².